The van der Waals surface area contributed by atoms with Gasteiger partial charge in [-0.3, -0.25) is 0 Å². The van der Waals surface area contributed by atoms with Crippen molar-refractivity contribution in [1.82, 2.24) is 9.55 Å². The zero-order valence-corrected chi connectivity index (χ0v) is 10.1. The van der Waals surface area contributed by atoms with E-state index in [9.17, 15) is 4.79 Å². The highest BCUT2D eigenvalue weighted by atomic mass is 16.5. The number of methoxy groups -OCH3 is 1. The minimum Gasteiger partial charge on any atom is -0.466 e. The largest absolute Gasteiger partial charge is 0.466 e. The Kier molecular flexibility index (Phi) is 3.91. The monoisotopic (exact) mass is 242 g/mol. The van der Waals surface area contributed by atoms with Gasteiger partial charge in [-0.1, -0.05) is 30.3 Å². The molecule has 92 valence electrons. The molecule has 2 rings (SSSR count). The van der Waals surface area contributed by atoms with Crippen LogP contribution >= 0.6 is 0 Å². The molecule has 0 bridgehead atoms. The summed E-state index contributed by atoms with van der Waals surface area (Å²) in [6, 6.07) is 10.1. The van der Waals surface area contributed by atoms with Gasteiger partial charge >= 0.3 is 5.97 Å². The van der Waals surface area contributed by atoms with E-state index >= 15 is 0 Å². The number of nitrogens with zero attached hydrogens (tertiary/aromatic N) is 2. The number of imidazole rings is 1. The van der Waals surface area contributed by atoms with Crippen molar-refractivity contribution >= 4 is 12.0 Å². The minimum atomic E-state index is -0.382. The lowest BCUT2D eigenvalue weighted by Gasteiger charge is -2.00. The van der Waals surface area contributed by atoms with Crippen LogP contribution < -0.4 is 0 Å². The Morgan fingerprint density at radius 1 is 1.39 bits per heavy atom. The number of hydrogen-bond donors (Lipinski definition) is 0. The second-order valence-corrected chi connectivity index (χ2v) is 3.81. The Morgan fingerprint density at radius 3 is 2.89 bits per heavy atom. The molecule has 18 heavy (non-hydrogen) atoms. The molecule has 0 atom stereocenters. The number of aromatic nitrogens is 2. The summed E-state index contributed by atoms with van der Waals surface area (Å²) in [5.41, 5.74) is 1.94. The number of carbonyl (C=O) groups is 1. The quantitative estimate of drug-likeness (QED) is 0.609. The molecule has 2 aromatic rings. The van der Waals surface area contributed by atoms with E-state index in [0.29, 0.717) is 0 Å². The third-order valence-electron chi connectivity index (χ3n) is 2.45. The molecule has 0 N–H and O–H groups in total. The maximum Gasteiger partial charge on any atom is 0.330 e. The molecule has 1 aromatic carbocycles. The summed E-state index contributed by atoms with van der Waals surface area (Å²) >= 11 is 0. The third-order valence-corrected chi connectivity index (χ3v) is 2.45. The Labute approximate surface area is 106 Å². The topological polar surface area (TPSA) is 44.1 Å². The zero-order chi connectivity index (χ0) is 12.8. The van der Waals surface area contributed by atoms with Gasteiger partial charge in [-0.05, 0) is 11.6 Å². The number of benzene rings is 1. The van der Waals surface area contributed by atoms with Gasteiger partial charge in [0.2, 0.25) is 0 Å². The van der Waals surface area contributed by atoms with Crippen molar-refractivity contribution in [2.75, 3.05) is 7.11 Å². The highest BCUT2D eigenvalue weighted by Crippen LogP contribution is 2.05. The smallest absolute Gasteiger partial charge is 0.330 e. The van der Waals surface area contributed by atoms with Crippen LogP contribution in [0.5, 0.6) is 0 Å². The van der Waals surface area contributed by atoms with Gasteiger partial charge in [0.15, 0.2) is 0 Å². The fraction of sp³-hybridized carbons (Fsp3) is 0.143. The van der Waals surface area contributed by atoms with Crippen LogP contribution in [0.15, 0.2) is 48.9 Å². The summed E-state index contributed by atoms with van der Waals surface area (Å²) < 4.78 is 6.48. The molecule has 1 aromatic heterocycles. The van der Waals surface area contributed by atoms with Gasteiger partial charge in [-0.2, -0.15) is 0 Å². The Morgan fingerprint density at radius 2 is 2.17 bits per heavy atom. The normalized spacial score (nSPS) is 10.7. The Hall–Kier alpha value is -2.36. The predicted octanol–water partition coefficient (Wildman–Crippen LogP) is 2.12. The molecule has 0 amide bonds. The Balaban J connectivity index is 2.02. The van der Waals surface area contributed by atoms with Crippen LogP contribution in [0.2, 0.25) is 0 Å². The summed E-state index contributed by atoms with van der Waals surface area (Å²) in [6.07, 6.45) is 6.61. The van der Waals surface area contributed by atoms with Crippen LogP contribution in [0.3, 0.4) is 0 Å². The van der Waals surface area contributed by atoms with Crippen LogP contribution in [-0.4, -0.2) is 22.6 Å². The zero-order valence-electron chi connectivity index (χ0n) is 10.1. The number of ether oxygens (including phenoxy) is 1. The van der Waals surface area contributed by atoms with E-state index in [2.05, 4.69) is 21.9 Å². The average molecular weight is 242 g/mol. The molecular weight excluding hydrogens is 228 g/mol. The number of hydrogen-bond acceptors (Lipinski definition) is 3. The van der Waals surface area contributed by atoms with Crippen molar-refractivity contribution in [3.8, 4) is 0 Å². The number of esters is 1. The molecule has 0 fully saturated rings. The predicted molar refractivity (Wildman–Crippen MR) is 68.8 cm³/mol. The molecule has 0 radical (unpaired) electrons. The maximum atomic E-state index is 10.9. The van der Waals surface area contributed by atoms with E-state index in [4.69, 9.17) is 0 Å². The first-order chi connectivity index (χ1) is 8.78. The van der Waals surface area contributed by atoms with Crippen molar-refractivity contribution in [1.29, 1.82) is 0 Å². The van der Waals surface area contributed by atoms with Gasteiger partial charge in [0.05, 0.1) is 19.1 Å². The SMILES string of the molecule is COC(=O)/C=C/c1cn(Cc2ccccc2)cn1. The van der Waals surface area contributed by atoms with Crippen molar-refractivity contribution in [3.63, 3.8) is 0 Å². The first-order valence-electron chi connectivity index (χ1n) is 5.59. The average Bonchev–Trinajstić information content (AvgIpc) is 2.85. The fourth-order valence-corrected chi connectivity index (χ4v) is 1.57. The summed E-state index contributed by atoms with van der Waals surface area (Å²) in [4.78, 5) is 15.1. The van der Waals surface area contributed by atoms with Crippen LogP contribution in [0.4, 0.5) is 0 Å². The van der Waals surface area contributed by atoms with Crippen LogP contribution in [0.1, 0.15) is 11.3 Å². The second kappa shape index (κ2) is 5.82. The highest BCUT2D eigenvalue weighted by molar-refractivity contribution is 5.86. The molecule has 0 spiro atoms. The number of rotatable bonds is 4. The van der Waals surface area contributed by atoms with E-state index in [1.807, 2.05) is 29.0 Å². The van der Waals surface area contributed by atoms with Crippen LogP contribution in [0.25, 0.3) is 6.08 Å². The van der Waals surface area contributed by atoms with Crippen LogP contribution in [-0.2, 0) is 16.1 Å². The molecule has 0 aliphatic heterocycles. The summed E-state index contributed by atoms with van der Waals surface area (Å²) in [5.74, 6) is -0.382. The lowest BCUT2D eigenvalue weighted by Crippen LogP contribution is -1.95. The summed E-state index contributed by atoms with van der Waals surface area (Å²) in [5, 5.41) is 0. The van der Waals surface area contributed by atoms with E-state index in [-0.39, 0.29) is 5.97 Å². The first-order valence-corrected chi connectivity index (χ1v) is 5.59. The molecule has 0 aliphatic carbocycles. The Bertz CT molecular complexity index is 544. The standard InChI is InChI=1S/C14H14N2O2/c1-18-14(17)8-7-13-10-16(11-15-13)9-12-5-3-2-4-6-12/h2-8,10-11H,9H2,1H3/b8-7+. The van der Waals surface area contributed by atoms with Gasteiger partial charge in [-0.25, -0.2) is 9.78 Å². The van der Waals surface area contributed by atoms with E-state index < -0.39 is 0 Å². The minimum absolute atomic E-state index is 0.382. The van der Waals surface area contributed by atoms with Crippen LogP contribution in [0, 0.1) is 0 Å². The maximum absolute atomic E-state index is 10.9. The molecule has 1 heterocycles. The molecule has 0 unspecified atom stereocenters. The van der Waals surface area contributed by atoms with Gasteiger partial charge < -0.3 is 9.30 Å². The molecule has 4 nitrogen and oxygen atoms in total. The van der Waals surface area contributed by atoms with Gasteiger partial charge in [0.1, 0.15) is 0 Å². The molecule has 0 saturated heterocycles. The fourth-order valence-electron chi connectivity index (χ4n) is 1.57. The molecule has 0 saturated carbocycles. The summed E-state index contributed by atoms with van der Waals surface area (Å²) in [7, 11) is 1.35. The lowest BCUT2D eigenvalue weighted by molar-refractivity contribution is -0.134. The highest BCUT2D eigenvalue weighted by Gasteiger charge is 1.98. The second-order valence-electron chi connectivity index (χ2n) is 3.81. The van der Waals surface area contributed by atoms with Crippen molar-refractivity contribution < 1.29 is 9.53 Å². The van der Waals surface area contributed by atoms with E-state index in [1.54, 1.807) is 12.4 Å². The van der Waals surface area contributed by atoms with Crippen molar-refractivity contribution in [2.24, 2.45) is 0 Å². The van der Waals surface area contributed by atoms with Crippen molar-refractivity contribution in [3.05, 3.63) is 60.2 Å². The van der Waals surface area contributed by atoms with E-state index in [0.717, 1.165) is 12.2 Å². The summed E-state index contributed by atoms with van der Waals surface area (Å²) in [6.45, 7) is 0.764. The van der Waals surface area contributed by atoms with Gasteiger partial charge in [0, 0.05) is 18.8 Å². The van der Waals surface area contributed by atoms with E-state index in [1.165, 1.54) is 18.7 Å². The number of carbonyl (C=O) groups excluding carboxylic acids is 1. The molecular formula is C14H14N2O2. The van der Waals surface area contributed by atoms with Crippen molar-refractivity contribution in [2.45, 2.75) is 6.54 Å². The molecule has 0 aliphatic rings. The van der Waals surface area contributed by atoms with Gasteiger partial charge in [-0.15, -0.1) is 0 Å². The molecule has 4 heteroatoms. The lowest BCUT2D eigenvalue weighted by atomic mass is 10.2. The van der Waals surface area contributed by atoms with Gasteiger partial charge in [0.25, 0.3) is 0 Å². The first kappa shape index (κ1) is 12.1. The third kappa shape index (κ3) is 3.31.